The third kappa shape index (κ3) is 2.77. The van der Waals surface area contributed by atoms with E-state index >= 15 is 0 Å². The van der Waals surface area contributed by atoms with Gasteiger partial charge >= 0.3 is 0 Å². The van der Waals surface area contributed by atoms with Crippen LogP contribution in [0.25, 0.3) is 0 Å². The van der Waals surface area contributed by atoms with Crippen molar-refractivity contribution in [3.8, 4) is 0 Å². The van der Waals surface area contributed by atoms with E-state index in [-0.39, 0.29) is 11.7 Å². The molecule has 21 heavy (non-hydrogen) atoms. The van der Waals surface area contributed by atoms with E-state index in [1.807, 2.05) is 24.0 Å². The lowest BCUT2D eigenvalue weighted by atomic mass is 9.91. The fraction of sp³-hybridized carbons (Fsp3) is 0.533. The lowest BCUT2D eigenvalue weighted by molar-refractivity contribution is -0.119. The largest absolute Gasteiger partial charge is 0.312 e. The van der Waals surface area contributed by atoms with E-state index in [2.05, 4.69) is 4.72 Å². The van der Waals surface area contributed by atoms with Crippen molar-refractivity contribution in [2.75, 3.05) is 21.9 Å². The van der Waals surface area contributed by atoms with Crippen LogP contribution in [-0.4, -0.2) is 26.6 Å². The molecule has 1 aromatic carbocycles. The topological polar surface area (TPSA) is 66.5 Å². The molecular formula is C15H20N2O3S. The highest BCUT2D eigenvalue weighted by molar-refractivity contribution is 7.92. The maximum atomic E-state index is 12.0. The number of hydrogen-bond acceptors (Lipinski definition) is 3. The minimum absolute atomic E-state index is 0.129. The van der Waals surface area contributed by atoms with E-state index in [9.17, 15) is 13.2 Å². The van der Waals surface area contributed by atoms with Gasteiger partial charge in [0, 0.05) is 18.7 Å². The summed E-state index contributed by atoms with van der Waals surface area (Å²) in [5, 5.41) is 0. The fourth-order valence-electron chi connectivity index (χ4n) is 3.21. The van der Waals surface area contributed by atoms with Gasteiger partial charge in [-0.25, -0.2) is 8.42 Å². The zero-order chi connectivity index (χ0) is 15.0. The summed E-state index contributed by atoms with van der Waals surface area (Å²) < 4.78 is 26.5. The van der Waals surface area contributed by atoms with Gasteiger partial charge in [0.1, 0.15) is 0 Å². The van der Waals surface area contributed by atoms with Gasteiger partial charge in [-0.1, -0.05) is 6.92 Å². The van der Waals surface area contributed by atoms with Crippen LogP contribution in [0, 0.1) is 0 Å². The molecule has 0 radical (unpaired) electrons. The van der Waals surface area contributed by atoms with Crippen molar-refractivity contribution in [3.63, 3.8) is 0 Å². The first-order chi connectivity index (χ1) is 10.00. The van der Waals surface area contributed by atoms with Gasteiger partial charge in [0.25, 0.3) is 0 Å². The Morgan fingerprint density at radius 1 is 1.19 bits per heavy atom. The first-order valence-corrected chi connectivity index (χ1v) is 9.12. The summed E-state index contributed by atoms with van der Waals surface area (Å²) in [7, 11) is -3.27. The Balaban J connectivity index is 1.98. The molecule has 114 valence electrons. The van der Waals surface area contributed by atoms with E-state index in [1.165, 1.54) is 0 Å². The van der Waals surface area contributed by atoms with Gasteiger partial charge in [-0.3, -0.25) is 9.52 Å². The van der Waals surface area contributed by atoms with Crippen molar-refractivity contribution in [2.24, 2.45) is 0 Å². The number of sulfonamides is 1. The lowest BCUT2D eigenvalue weighted by Gasteiger charge is -2.35. The zero-order valence-electron chi connectivity index (χ0n) is 12.2. The quantitative estimate of drug-likeness (QED) is 0.926. The summed E-state index contributed by atoms with van der Waals surface area (Å²) in [6.45, 7) is 2.62. The Labute approximate surface area is 125 Å². The van der Waals surface area contributed by atoms with Crippen molar-refractivity contribution in [1.82, 2.24) is 0 Å². The number of anilines is 2. The summed E-state index contributed by atoms with van der Waals surface area (Å²) >= 11 is 0. The molecule has 0 aliphatic carbocycles. The van der Waals surface area contributed by atoms with Crippen LogP contribution in [0.5, 0.6) is 0 Å². The van der Waals surface area contributed by atoms with Crippen molar-refractivity contribution < 1.29 is 13.2 Å². The smallest absolute Gasteiger partial charge is 0.232 e. The molecule has 0 unspecified atom stereocenters. The molecule has 1 N–H and O–H groups in total. The maximum Gasteiger partial charge on any atom is 0.232 e. The molecule has 0 bridgehead atoms. The average Bonchev–Trinajstić information content (AvgIpc) is 2.42. The summed E-state index contributed by atoms with van der Waals surface area (Å²) in [5.41, 5.74) is 3.83. The number of carbonyl (C=O) groups excluding carboxylic acids is 1. The van der Waals surface area contributed by atoms with Crippen LogP contribution in [0.4, 0.5) is 11.4 Å². The Morgan fingerprint density at radius 3 is 2.62 bits per heavy atom. The van der Waals surface area contributed by atoms with Gasteiger partial charge in [0.05, 0.1) is 11.4 Å². The van der Waals surface area contributed by atoms with Crippen LogP contribution < -0.4 is 9.62 Å². The van der Waals surface area contributed by atoms with Crippen molar-refractivity contribution >= 4 is 27.3 Å². The number of nitrogens with one attached hydrogen (secondary N) is 1. The number of rotatable bonds is 4. The molecular weight excluding hydrogens is 288 g/mol. The number of amides is 1. The first-order valence-electron chi connectivity index (χ1n) is 7.47. The van der Waals surface area contributed by atoms with Crippen LogP contribution in [0.2, 0.25) is 0 Å². The highest BCUT2D eigenvalue weighted by Gasteiger charge is 2.29. The molecule has 0 aromatic heterocycles. The van der Waals surface area contributed by atoms with Gasteiger partial charge < -0.3 is 4.90 Å². The van der Waals surface area contributed by atoms with Crippen molar-refractivity contribution in [2.45, 2.75) is 39.0 Å². The Bertz CT molecular complexity index is 665. The standard InChI is InChI=1S/C15H20N2O3S/c1-2-8-21(19,20)16-13-9-11-4-3-7-17-14(18)6-5-12(10-13)15(11)17/h9-10,16H,2-8H2,1H3. The third-order valence-corrected chi connectivity index (χ3v) is 5.51. The molecule has 2 heterocycles. The Kier molecular flexibility index (Phi) is 3.65. The van der Waals surface area contributed by atoms with E-state index in [0.717, 1.165) is 36.2 Å². The van der Waals surface area contributed by atoms with Crippen LogP contribution in [0.15, 0.2) is 12.1 Å². The maximum absolute atomic E-state index is 12.0. The number of aryl methyl sites for hydroxylation is 2. The monoisotopic (exact) mass is 308 g/mol. The molecule has 5 nitrogen and oxygen atoms in total. The fourth-order valence-corrected chi connectivity index (χ4v) is 4.33. The summed E-state index contributed by atoms with van der Waals surface area (Å²) in [6.07, 6.45) is 3.63. The number of benzene rings is 1. The van der Waals surface area contributed by atoms with Crippen LogP contribution in [0.1, 0.15) is 37.3 Å². The minimum atomic E-state index is -3.27. The van der Waals surface area contributed by atoms with Gasteiger partial charge in [-0.05, 0) is 48.9 Å². The number of nitrogens with zero attached hydrogens (tertiary/aromatic N) is 1. The number of hydrogen-bond donors (Lipinski definition) is 1. The molecule has 0 spiro atoms. The second-order valence-electron chi connectivity index (χ2n) is 5.71. The van der Waals surface area contributed by atoms with Crippen molar-refractivity contribution in [3.05, 3.63) is 23.3 Å². The predicted molar refractivity (Wildman–Crippen MR) is 83.1 cm³/mol. The van der Waals surface area contributed by atoms with E-state index in [0.29, 0.717) is 24.9 Å². The molecule has 0 atom stereocenters. The molecule has 1 amide bonds. The van der Waals surface area contributed by atoms with Crippen molar-refractivity contribution in [1.29, 1.82) is 0 Å². The molecule has 6 heteroatoms. The first kappa shape index (κ1) is 14.4. The van der Waals surface area contributed by atoms with Gasteiger partial charge in [0.15, 0.2) is 0 Å². The zero-order valence-corrected chi connectivity index (χ0v) is 13.0. The third-order valence-electron chi connectivity index (χ3n) is 4.02. The normalized spacial score (nSPS) is 17.6. The van der Waals surface area contributed by atoms with Crippen LogP contribution >= 0.6 is 0 Å². The summed E-state index contributed by atoms with van der Waals surface area (Å²) in [4.78, 5) is 13.9. The van der Waals surface area contributed by atoms with Gasteiger partial charge in [0.2, 0.25) is 15.9 Å². The molecule has 0 saturated heterocycles. The second kappa shape index (κ2) is 5.33. The predicted octanol–water partition coefficient (Wildman–Crippen LogP) is 2.06. The van der Waals surface area contributed by atoms with Gasteiger partial charge in [-0.15, -0.1) is 0 Å². The minimum Gasteiger partial charge on any atom is -0.312 e. The van der Waals surface area contributed by atoms with Crippen LogP contribution in [0.3, 0.4) is 0 Å². The molecule has 1 aromatic rings. The molecule has 2 aliphatic heterocycles. The average molecular weight is 308 g/mol. The molecule has 0 saturated carbocycles. The van der Waals surface area contributed by atoms with E-state index in [4.69, 9.17) is 0 Å². The number of carbonyl (C=O) groups is 1. The Hall–Kier alpha value is -1.56. The highest BCUT2D eigenvalue weighted by atomic mass is 32.2. The summed E-state index contributed by atoms with van der Waals surface area (Å²) in [5.74, 6) is 0.312. The van der Waals surface area contributed by atoms with E-state index < -0.39 is 10.0 Å². The van der Waals surface area contributed by atoms with E-state index in [1.54, 1.807) is 0 Å². The molecule has 3 rings (SSSR count). The Morgan fingerprint density at radius 2 is 1.90 bits per heavy atom. The lowest BCUT2D eigenvalue weighted by Crippen LogP contribution is -2.39. The second-order valence-corrected chi connectivity index (χ2v) is 7.55. The van der Waals surface area contributed by atoms with Crippen LogP contribution in [-0.2, 0) is 27.7 Å². The van der Waals surface area contributed by atoms with Gasteiger partial charge in [-0.2, -0.15) is 0 Å². The SMILES string of the molecule is CCCS(=O)(=O)Nc1cc2c3c(c1)CCC(=O)N3CCC2. The summed E-state index contributed by atoms with van der Waals surface area (Å²) in [6, 6.07) is 3.77. The molecule has 0 fully saturated rings. The highest BCUT2D eigenvalue weighted by Crippen LogP contribution is 2.38. The molecule has 2 aliphatic rings.